The predicted octanol–water partition coefficient (Wildman–Crippen LogP) is 7.87. The third-order valence-corrected chi connectivity index (χ3v) is 6.60. The molecule has 0 saturated heterocycles. The van der Waals surface area contributed by atoms with Crippen molar-refractivity contribution >= 4 is 6.09 Å². The number of ether oxygens (including phenoxy) is 1. The number of carbonyl (C=O) groups excluding carboxylic acids is 1. The van der Waals surface area contributed by atoms with Crippen molar-refractivity contribution in [1.82, 2.24) is 5.32 Å². The van der Waals surface area contributed by atoms with Crippen molar-refractivity contribution in [3.05, 3.63) is 0 Å². The molecule has 0 aliphatic heterocycles. The van der Waals surface area contributed by atoms with E-state index in [0.29, 0.717) is 12.5 Å². The van der Waals surface area contributed by atoms with Gasteiger partial charge in [-0.1, -0.05) is 129 Å². The number of rotatable bonds is 24. The van der Waals surface area contributed by atoms with Crippen molar-refractivity contribution in [2.45, 2.75) is 162 Å². The second kappa shape index (κ2) is 24.3. The van der Waals surface area contributed by atoms with Crippen LogP contribution in [0.15, 0.2) is 0 Å². The molecule has 0 spiro atoms. The van der Waals surface area contributed by atoms with Crippen LogP contribution < -0.4 is 5.32 Å². The quantitative estimate of drug-likeness (QED) is 0.0988. The molecule has 0 radical (unpaired) electrons. The lowest BCUT2D eigenvalue weighted by Gasteiger charge is -2.19. The Labute approximate surface area is 205 Å². The molecule has 1 amide bonds. The van der Waals surface area contributed by atoms with E-state index in [9.17, 15) is 15.0 Å². The molecule has 0 aromatic rings. The van der Waals surface area contributed by atoms with E-state index in [2.05, 4.69) is 19.2 Å². The molecule has 5 nitrogen and oxygen atoms in total. The molecule has 0 saturated carbocycles. The van der Waals surface area contributed by atoms with Gasteiger partial charge in [0.2, 0.25) is 0 Å². The van der Waals surface area contributed by atoms with Gasteiger partial charge in [-0.3, -0.25) is 5.32 Å². The van der Waals surface area contributed by atoms with E-state index in [4.69, 9.17) is 4.74 Å². The van der Waals surface area contributed by atoms with Crippen LogP contribution in [0.1, 0.15) is 149 Å². The normalized spacial score (nSPS) is 14.1. The van der Waals surface area contributed by atoms with E-state index in [1.165, 1.54) is 122 Å². The van der Waals surface area contributed by atoms with Gasteiger partial charge >= 0.3 is 6.09 Å². The summed E-state index contributed by atoms with van der Waals surface area (Å²) in [4.78, 5) is 11.9. The Morgan fingerprint density at radius 3 is 1.39 bits per heavy atom. The van der Waals surface area contributed by atoms with Gasteiger partial charge in [-0.25, -0.2) is 4.79 Å². The first kappa shape index (κ1) is 32.2. The molecular formula is C28H57NO4. The van der Waals surface area contributed by atoms with Crippen LogP contribution in [0.4, 0.5) is 4.79 Å². The number of nitrogens with one attached hydrogen (secondary N) is 1. The minimum absolute atomic E-state index is 0.383. The molecule has 0 aliphatic rings. The van der Waals surface area contributed by atoms with E-state index in [-0.39, 0.29) is 0 Å². The van der Waals surface area contributed by atoms with Crippen LogP contribution in [0, 0.1) is 5.92 Å². The highest BCUT2D eigenvalue weighted by Gasteiger charge is 2.17. The van der Waals surface area contributed by atoms with Crippen LogP contribution in [0.5, 0.6) is 0 Å². The van der Waals surface area contributed by atoms with Gasteiger partial charge < -0.3 is 14.9 Å². The Morgan fingerprint density at radius 2 is 1.03 bits per heavy atom. The first-order valence-electron chi connectivity index (χ1n) is 14.3. The van der Waals surface area contributed by atoms with Crippen molar-refractivity contribution in [2.24, 2.45) is 5.92 Å². The fourth-order valence-electron chi connectivity index (χ4n) is 4.27. The highest BCUT2D eigenvalue weighted by atomic mass is 16.6. The molecule has 0 fully saturated rings. The lowest BCUT2D eigenvalue weighted by molar-refractivity contribution is 0.00585. The van der Waals surface area contributed by atoms with Crippen LogP contribution >= 0.6 is 0 Å². The van der Waals surface area contributed by atoms with Gasteiger partial charge in [-0.2, -0.15) is 0 Å². The van der Waals surface area contributed by atoms with Crippen LogP contribution in [-0.2, 0) is 4.74 Å². The zero-order valence-electron chi connectivity index (χ0n) is 22.3. The third-order valence-electron chi connectivity index (χ3n) is 6.60. The zero-order valence-corrected chi connectivity index (χ0v) is 22.3. The number of aliphatic hydroxyl groups excluding tert-OH is 2. The number of amides is 1. The average Bonchev–Trinajstić information content (AvgIpc) is 2.79. The average molecular weight is 472 g/mol. The van der Waals surface area contributed by atoms with Crippen LogP contribution in [-0.4, -0.2) is 35.2 Å². The maximum Gasteiger partial charge on any atom is 0.409 e. The summed E-state index contributed by atoms with van der Waals surface area (Å²) in [6.07, 6.45) is 23.0. The van der Waals surface area contributed by atoms with Gasteiger partial charge in [-0.15, -0.1) is 0 Å². The van der Waals surface area contributed by atoms with E-state index in [1.54, 1.807) is 0 Å². The summed E-state index contributed by atoms with van der Waals surface area (Å²) < 4.78 is 5.37. The molecule has 198 valence electrons. The number of carbonyl (C=O) groups is 1. The molecule has 3 atom stereocenters. The SMILES string of the molecule is CCCCCCCCCCCCC(CCCCCCCCCC)COC(=O)NC(O)C(C)O. The molecular weight excluding hydrogens is 414 g/mol. The number of hydrogen-bond acceptors (Lipinski definition) is 4. The van der Waals surface area contributed by atoms with Crippen molar-refractivity contribution in [3.8, 4) is 0 Å². The second-order valence-electron chi connectivity index (χ2n) is 10.0. The van der Waals surface area contributed by atoms with Crippen molar-refractivity contribution in [1.29, 1.82) is 0 Å². The summed E-state index contributed by atoms with van der Waals surface area (Å²) in [5.74, 6) is 0.383. The van der Waals surface area contributed by atoms with Gasteiger partial charge in [0.25, 0.3) is 0 Å². The summed E-state index contributed by atoms with van der Waals surface area (Å²) in [5, 5.41) is 21.2. The Hall–Kier alpha value is -0.810. The monoisotopic (exact) mass is 471 g/mol. The Bertz CT molecular complexity index is 417. The molecule has 0 bridgehead atoms. The minimum Gasteiger partial charge on any atom is -0.449 e. The molecule has 0 heterocycles. The van der Waals surface area contributed by atoms with Crippen LogP contribution in [0.25, 0.3) is 0 Å². The summed E-state index contributed by atoms with van der Waals surface area (Å²) >= 11 is 0. The van der Waals surface area contributed by atoms with Crippen molar-refractivity contribution < 1.29 is 19.7 Å². The largest absolute Gasteiger partial charge is 0.449 e. The second-order valence-corrected chi connectivity index (χ2v) is 10.0. The van der Waals surface area contributed by atoms with Gasteiger partial charge in [0.1, 0.15) is 0 Å². The number of hydrogen-bond donors (Lipinski definition) is 3. The Morgan fingerprint density at radius 1 is 0.667 bits per heavy atom. The lowest BCUT2D eigenvalue weighted by Crippen LogP contribution is -2.42. The minimum atomic E-state index is -1.29. The molecule has 5 heteroatoms. The Kier molecular flexibility index (Phi) is 23.7. The fraction of sp³-hybridized carbons (Fsp3) is 0.964. The summed E-state index contributed by atoms with van der Waals surface area (Å²) in [5.41, 5.74) is 0. The standard InChI is InChI=1S/C28H57NO4/c1-4-6-8-10-12-14-15-17-19-21-23-26(22-20-18-16-13-11-9-7-5-2)24-33-28(32)29-27(31)25(3)30/h25-27,30-31H,4-24H2,1-3H3,(H,29,32). The molecule has 0 aromatic carbocycles. The predicted molar refractivity (Wildman–Crippen MR) is 139 cm³/mol. The zero-order chi connectivity index (χ0) is 24.6. The maximum absolute atomic E-state index is 11.9. The van der Waals surface area contributed by atoms with Crippen molar-refractivity contribution in [2.75, 3.05) is 6.61 Å². The highest BCUT2D eigenvalue weighted by molar-refractivity contribution is 5.67. The van der Waals surface area contributed by atoms with Crippen molar-refractivity contribution in [3.63, 3.8) is 0 Å². The number of aliphatic hydroxyl groups is 2. The first-order valence-corrected chi connectivity index (χ1v) is 14.3. The summed E-state index contributed by atoms with van der Waals surface area (Å²) in [7, 11) is 0. The van der Waals surface area contributed by atoms with E-state index < -0.39 is 18.4 Å². The number of alkyl carbamates (subject to hydrolysis) is 1. The number of unbranched alkanes of at least 4 members (excludes halogenated alkanes) is 16. The highest BCUT2D eigenvalue weighted by Crippen LogP contribution is 2.20. The van der Waals surface area contributed by atoms with Gasteiger partial charge in [0, 0.05) is 0 Å². The maximum atomic E-state index is 11.9. The fourth-order valence-corrected chi connectivity index (χ4v) is 4.27. The molecule has 0 aromatic heterocycles. The van der Waals surface area contributed by atoms with E-state index in [0.717, 1.165) is 12.8 Å². The molecule has 33 heavy (non-hydrogen) atoms. The smallest absolute Gasteiger partial charge is 0.409 e. The van der Waals surface area contributed by atoms with E-state index >= 15 is 0 Å². The van der Waals surface area contributed by atoms with Gasteiger partial charge in [-0.05, 0) is 25.7 Å². The molecule has 0 aliphatic carbocycles. The van der Waals surface area contributed by atoms with Gasteiger partial charge in [0.15, 0.2) is 6.23 Å². The first-order chi connectivity index (χ1) is 16.0. The Balaban J connectivity index is 4.07. The van der Waals surface area contributed by atoms with Crippen LogP contribution in [0.2, 0.25) is 0 Å². The third kappa shape index (κ3) is 22.7. The molecule has 0 rings (SSSR count). The molecule has 3 unspecified atom stereocenters. The van der Waals surface area contributed by atoms with E-state index in [1.807, 2.05) is 0 Å². The lowest BCUT2D eigenvalue weighted by atomic mass is 9.94. The van der Waals surface area contributed by atoms with Gasteiger partial charge in [0.05, 0.1) is 12.7 Å². The summed E-state index contributed by atoms with van der Waals surface area (Å²) in [6.45, 7) is 6.34. The summed E-state index contributed by atoms with van der Waals surface area (Å²) in [6, 6.07) is 0. The van der Waals surface area contributed by atoms with Crippen LogP contribution in [0.3, 0.4) is 0 Å². The molecule has 3 N–H and O–H groups in total. The topological polar surface area (TPSA) is 78.8 Å².